The molecule has 8 rings (SSSR count). The van der Waals surface area contributed by atoms with Gasteiger partial charge in [-0.15, -0.1) is 11.3 Å². The SMILES string of the molecule is O=c1ccn(C2CC2)c(=O)n1Cc1cc2nccc(-c3cc(Cl)cc4c3N([C@@H]3CNC5(CCC5)C3)CCC4)c2s1. The minimum Gasteiger partial charge on any atom is -0.366 e. The van der Waals surface area contributed by atoms with Gasteiger partial charge in [-0.05, 0) is 81.2 Å². The van der Waals surface area contributed by atoms with Crippen molar-refractivity contribution in [2.45, 2.75) is 75.5 Å². The first-order valence-electron chi connectivity index (χ1n) is 14.5. The van der Waals surface area contributed by atoms with E-state index in [-0.39, 0.29) is 23.8 Å². The second-order valence-corrected chi connectivity index (χ2v) is 13.7. The second-order valence-electron chi connectivity index (χ2n) is 12.1. The zero-order chi connectivity index (χ0) is 27.0. The summed E-state index contributed by atoms with van der Waals surface area (Å²) in [5.74, 6) is 0. The minimum atomic E-state index is -0.263. The first kappa shape index (κ1) is 24.8. The van der Waals surface area contributed by atoms with E-state index >= 15 is 0 Å². The molecule has 0 unspecified atom stereocenters. The first-order valence-corrected chi connectivity index (χ1v) is 15.7. The van der Waals surface area contributed by atoms with Crippen LogP contribution in [0.5, 0.6) is 0 Å². The molecule has 3 fully saturated rings. The molecule has 1 saturated heterocycles. The molecular weight excluding hydrogens is 542 g/mol. The lowest BCUT2D eigenvalue weighted by Crippen LogP contribution is -2.46. The Labute approximate surface area is 241 Å². The monoisotopic (exact) mass is 573 g/mol. The molecule has 40 heavy (non-hydrogen) atoms. The van der Waals surface area contributed by atoms with Crippen LogP contribution < -0.4 is 21.5 Å². The largest absolute Gasteiger partial charge is 0.366 e. The Kier molecular flexibility index (Phi) is 5.77. The van der Waals surface area contributed by atoms with Gasteiger partial charge in [-0.1, -0.05) is 11.6 Å². The highest BCUT2D eigenvalue weighted by molar-refractivity contribution is 7.19. The number of hydrogen-bond acceptors (Lipinski definition) is 6. The van der Waals surface area contributed by atoms with Gasteiger partial charge < -0.3 is 10.2 Å². The second kappa shape index (κ2) is 9.29. The van der Waals surface area contributed by atoms with Crippen LogP contribution in [0, 0.1) is 0 Å². The van der Waals surface area contributed by atoms with Crippen molar-refractivity contribution in [3.05, 3.63) is 79.0 Å². The number of aromatic nitrogens is 3. The smallest absolute Gasteiger partial charge is 0.331 e. The summed E-state index contributed by atoms with van der Waals surface area (Å²) < 4.78 is 4.13. The van der Waals surface area contributed by atoms with Gasteiger partial charge in [0.1, 0.15) is 0 Å². The van der Waals surface area contributed by atoms with Crippen molar-refractivity contribution in [3.8, 4) is 11.1 Å². The fourth-order valence-corrected chi connectivity index (χ4v) is 8.55. The van der Waals surface area contributed by atoms with Gasteiger partial charge in [0, 0.05) is 75.9 Å². The number of pyridine rings is 1. The molecule has 1 spiro atoms. The van der Waals surface area contributed by atoms with Crippen LogP contribution in [0.15, 0.2) is 52.3 Å². The van der Waals surface area contributed by atoms with Crippen molar-refractivity contribution >= 4 is 38.8 Å². The van der Waals surface area contributed by atoms with Gasteiger partial charge in [-0.2, -0.15) is 0 Å². The lowest BCUT2D eigenvalue weighted by atomic mass is 9.75. The highest BCUT2D eigenvalue weighted by Gasteiger charge is 2.45. The molecule has 4 aromatic rings. The number of halogens is 1. The van der Waals surface area contributed by atoms with Gasteiger partial charge in [-0.3, -0.25) is 18.9 Å². The summed E-state index contributed by atoms with van der Waals surface area (Å²) in [6.45, 7) is 2.33. The number of thiophene rings is 1. The van der Waals surface area contributed by atoms with Gasteiger partial charge >= 0.3 is 5.69 Å². The molecule has 2 saturated carbocycles. The molecule has 4 aliphatic rings. The van der Waals surface area contributed by atoms with Gasteiger partial charge in [0.2, 0.25) is 0 Å². The fraction of sp³-hybridized carbons (Fsp3) is 0.452. The fourth-order valence-electron chi connectivity index (χ4n) is 7.18. The summed E-state index contributed by atoms with van der Waals surface area (Å²) in [5, 5.41) is 4.63. The number of fused-ring (bicyclic) bond motifs is 2. The van der Waals surface area contributed by atoms with Crippen LogP contribution in [0.2, 0.25) is 5.02 Å². The van der Waals surface area contributed by atoms with E-state index in [0.29, 0.717) is 11.6 Å². The molecule has 1 N–H and O–H groups in total. The zero-order valence-electron chi connectivity index (χ0n) is 22.4. The van der Waals surface area contributed by atoms with Crippen LogP contribution in [0.1, 0.15) is 61.4 Å². The molecule has 3 aromatic heterocycles. The maximum absolute atomic E-state index is 13.1. The number of anilines is 1. The topological polar surface area (TPSA) is 72.2 Å². The van der Waals surface area contributed by atoms with E-state index in [0.717, 1.165) is 70.0 Å². The summed E-state index contributed by atoms with van der Waals surface area (Å²) in [6.07, 6.45) is 12.8. The summed E-state index contributed by atoms with van der Waals surface area (Å²) in [6, 6.07) is 10.6. The van der Waals surface area contributed by atoms with Gasteiger partial charge in [0.15, 0.2) is 0 Å². The summed E-state index contributed by atoms with van der Waals surface area (Å²) in [4.78, 5) is 34.1. The Morgan fingerprint density at radius 2 is 1.95 bits per heavy atom. The average Bonchev–Trinajstić information content (AvgIpc) is 3.50. The molecule has 0 radical (unpaired) electrons. The highest BCUT2D eigenvalue weighted by Crippen LogP contribution is 2.47. The number of hydrogen-bond donors (Lipinski definition) is 1. The van der Waals surface area contributed by atoms with Crippen molar-refractivity contribution in [2.75, 3.05) is 18.0 Å². The van der Waals surface area contributed by atoms with Crippen LogP contribution in [-0.2, 0) is 13.0 Å². The van der Waals surface area contributed by atoms with E-state index in [2.05, 4.69) is 33.4 Å². The number of benzene rings is 1. The number of nitrogens with zero attached hydrogens (tertiary/aromatic N) is 4. The maximum Gasteiger partial charge on any atom is 0.331 e. The molecule has 9 heteroatoms. The normalized spacial score (nSPS) is 21.6. The Bertz CT molecular complexity index is 1770. The summed E-state index contributed by atoms with van der Waals surface area (Å²) in [7, 11) is 0. The molecule has 1 aromatic carbocycles. The van der Waals surface area contributed by atoms with E-state index in [1.165, 1.54) is 47.6 Å². The van der Waals surface area contributed by atoms with E-state index < -0.39 is 0 Å². The van der Waals surface area contributed by atoms with Gasteiger partial charge in [-0.25, -0.2) is 4.79 Å². The van der Waals surface area contributed by atoms with Crippen LogP contribution in [0.25, 0.3) is 21.3 Å². The Morgan fingerprint density at radius 1 is 1.07 bits per heavy atom. The predicted molar refractivity (Wildman–Crippen MR) is 161 cm³/mol. The molecule has 2 aliphatic heterocycles. The van der Waals surface area contributed by atoms with E-state index in [9.17, 15) is 9.59 Å². The van der Waals surface area contributed by atoms with E-state index in [1.807, 2.05) is 12.3 Å². The quantitative estimate of drug-likeness (QED) is 0.348. The van der Waals surface area contributed by atoms with Gasteiger partial charge in [0.05, 0.1) is 16.8 Å². The van der Waals surface area contributed by atoms with Crippen LogP contribution >= 0.6 is 22.9 Å². The average molecular weight is 574 g/mol. The van der Waals surface area contributed by atoms with Crippen molar-refractivity contribution in [3.63, 3.8) is 0 Å². The lowest BCUT2D eigenvalue weighted by molar-refractivity contribution is 0.214. The third kappa shape index (κ3) is 4.06. The molecule has 5 heterocycles. The summed E-state index contributed by atoms with van der Waals surface area (Å²) in [5.41, 5.74) is 5.65. The van der Waals surface area contributed by atoms with Crippen molar-refractivity contribution in [1.29, 1.82) is 0 Å². The summed E-state index contributed by atoms with van der Waals surface area (Å²) >= 11 is 8.36. The first-order chi connectivity index (χ1) is 19.5. The van der Waals surface area contributed by atoms with Crippen LogP contribution in [0.4, 0.5) is 5.69 Å². The molecule has 1 atom stereocenters. The molecule has 7 nitrogen and oxygen atoms in total. The Hall–Kier alpha value is -2.94. The van der Waals surface area contributed by atoms with E-state index in [1.54, 1.807) is 22.1 Å². The van der Waals surface area contributed by atoms with Crippen molar-refractivity contribution in [2.24, 2.45) is 0 Å². The maximum atomic E-state index is 13.1. The lowest BCUT2D eigenvalue weighted by Gasteiger charge is -2.41. The minimum absolute atomic E-state index is 0.223. The molecule has 206 valence electrons. The van der Waals surface area contributed by atoms with Crippen molar-refractivity contribution in [1.82, 2.24) is 19.4 Å². The van der Waals surface area contributed by atoms with Crippen LogP contribution in [-0.4, -0.2) is 38.8 Å². The van der Waals surface area contributed by atoms with Crippen LogP contribution in [0.3, 0.4) is 0 Å². The van der Waals surface area contributed by atoms with Crippen molar-refractivity contribution < 1.29 is 0 Å². The zero-order valence-corrected chi connectivity index (χ0v) is 23.9. The number of nitrogens with one attached hydrogen (secondary N) is 1. The molecular formula is C31H32ClN5O2S. The van der Waals surface area contributed by atoms with Gasteiger partial charge in [0.25, 0.3) is 5.56 Å². The third-order valence-electron chi connectivity index (χ3n) is 9.48. The number of aryl methyl sites for hydroxylation is 1. The number of rotatable bonds is 5. The predicted octanol–water partition coefficient (Wildman–Crippen LogP) is 5.36. The van der Waals surface area contributed by atoms with E-state index in [4.69, 9.17) is 11.6 Å². The molecule has 0 bridgehead atoms. The Morgan fingerprint density at radius 3 is 2.73 bits per heavy atom. The molecule has 2 aliphatic carbocycles. The Balaban J connectivity index is 1.21. The third-order valence-corrected chi connectivity index (χ3v) is 10.8. The molecule has 0 amide bonds. The highest BCUT2D eigenvalue weighted by atomic mass is 35.5. The standard InChI is InChI=1S/C31H32ClN5O2S/c32-20-13-19-3-1-11-35(22-16-31(34-17-22)8-2-9-31)28(19)25(14-20)24-6-10-33-26-15-23(40-29(24)26)18-37-27(38)7-12-36(30(37)39)21-4-5-21/h6-7,10,12-15,21-22,34H,1-5,8-9,11,16-18H2/t22-/m0/s1.